The summed E-state index contributed by atoms with van der Waals surface area (Å²) in [5.41, 5.74) is 4.31. The summed E-state index contributed by atoms with van der Waals surface area (Å²) in [6.07, 6.45) is 2.53. The highest BCUT2D eigenvalue weighted by Gasteiger charge is 2.15. The molecule has 0 spiro atoms. The van der Waals surface area contributed by atoms with Gasteiger partial charge in [-0.1, -0.05) is 24.3 Å². The van der Waals surface area contributed by atoms with Gasteiger partial charge < -0.3 is 15.7 Å². The number of aliphatic hydroxyl groups is 1. The van der Waals surface area contributed by atoms with Crippen molar-refractivity contribution in [3.8, 4) is 0 Å². The van der Waals surface area contributed by atoms with Crippen molar-refractivity contribution >= 4 is 17.5 Å². The third-order valence-corrected chi connectivity index (χ3v) is 4.46. The summed E-state index contributed by atoms with van der Waals surface area (Å²) in [7, 11) is 0. The lowest BCUT2D eigenvalue weighted by Gasteiger charge is -2.13. The monoisotopic (exact) mass is 338 g/mol. The van der Waals surface area contributed by atoms with Gasteiger partial charge in [-0.05, 0) is 55.5 Å². The minimum Gasteiger partial charge on any atom is -0.389 e. The van der Waals surface area contributed by atoms with Crippen LogP contribution in [0.2, 0.25) is 0 Å². The predicted octanol–water partition coefficient (Wildman–Crippen LogP) is 2.60. The van der Waals surface area contributed by atoms with Gasteiger partial charge in [0.05, 0.1) is 12.6 Å². The van der Waals surface area contributed by atoms with Crippen molar-refractivity contribution in [3.05, 3.63) is 64.7 Å². The van der Waals surface area contributed by atoms with Gasteiger partial charge in [-0.3, -0.25) is 9.59 Å². The molecular formula is C20H22N2O3. The zero-order chi connectivity index (χ0) is 17.8. The van der Waals surface area contributed by atoms with Gasteiger partial charge in [-0.2, -0.15) is 0 Å². The van der Waals surface area contributed by atoms with Gasteiger partial charge in [-0.25, -0.2) is 0 Å². The number of hydrogen-bond acceptors (Lipinski definition) is 3. The van der Waals surface area contributed by atoms with E-state index < -0.39 is 6.10 Å². The molecule has 0 heterocycles. The van der Waals surface area contributed by atoms with Gasteiger partial charge in [0.1, 0.15) is 0 Å². The SMILES string of the molecule is C[C@@H](O)c1ccccc1NC(=O)CNC(=O)c1ccc2c(c1)CCC2. The second kappa shape index (κ2) is 7.49. The van der Waals surface area contributed by atoms with Gasteiger partial charge in [0.15, 0.2) is 0 Å². The molecule has 0 aromatic heterocycles. The lowest BCUT2D eigenvalue weighted by atomic mass is 10.1. The van der Waals surface area contributed by atoms with E-state index in [0.29, 0.717) is 16.8 Å². The van der Waals surface area contributed by atoms with Crippen molar-refractivity contribution < 1.29 is 14.7 Å². The van der Waals surface area contributed by atoms with Crippen LogP contribution in [0.3, 0.4) is 0 Å². The minimum absolute atomic E-state index is 0.121. The molecule has 3 rings (SSSR count). The van der Waals surface area contributed by atoms with Crippen molar-refractivity contribution in [2.75, 3.05) is 11.9 Å². The van der Waals surface area contributed by atoms with Crippen LogP contribution in [-0.2, 0) is 17.6 Å². The molecule has 1 aliphatic carbocycles. The number of benzene rings is 2. The van der Waals surface area contributed by atoms with Gasteiger partial charge in [0.25, 0.3) is 5.91 Å². The van der Waals surface area contributed by atoms with E-state index in [-0.39, 0.29) is 18.4 Å². The van der Waals surface area contributed by atoms with E-state index in [2.05, 4.69) is 10.6 Å². The van der Waals surface area contributed by atoms with Gasteiger partial charge >= 0.3 is 0 Å². The largest absolute Gasteiger partial charge is 0.389 e. The van der Waals surface area contributed by atoms with Crippen LogP contribution in [0.25, 0.3) is 0 Å². The maximum Gasteiger partial charge on any atom is 0.251 e. The highest BCUT2D eigenvalue weighted by molar-refractivity contribution is 5.99. The highest BCUT2D eigenvalue weighted by Crippen LogP contribution is 2.23. The highest BCUT2D eigenvalue weighted by atomic mass is 16.3. The van der Waals surface area contributed by atoms with E-state index in [1.807, 2.05) is 12.1 Å². The molecule has 0 aliphatic heterocycles. The Morgan fingerprint density at radius 2 is 1.88 bits per heavy atom. The second-order valence-electron chi connectivity index (χ2n) is 6.33. The number of fused-ring (bicyclic) bond motifs is 1. The fourth-order valence-corrected chi connectivity index (χ4v) is 3.15. The Bertz CT molecular complexity index is 799. The average molecular weight is 338 g/mol. The van der Waals surface area contributed by atoms with Crippen molar-refractivity contribution in [2.24, 2.45) is 0 Å². The molecule has 0 radical (unpaired) electrons. The molecule has 3 N–H and O–H groups in total. The van der Waals surface area contributed by atoms with Gasteiger partial charge in [0.2, 0.25) is 5.91 Å². The molecule has 5 heteroatoms. The molecule has 1 atom stereocenters. The first-order valence-corrected chi connectivity index (χ1v) is 8.51. The molecule has 0 unspecified atom stereocenters. The van der Waals surface area contributed by atoms with E-state index >= 15 is 0 Å². The summed E-state index contributed by atoms with van der Waals surface area (Å²) in [5, 5.41) is 15.1. The summed E-state index contributed by atoms with van der Waals surface area (Å²) >= 11 is 0. The number of hydrogen-bond donors (Lipinski definition) is 3. The number of anilines is 1. The van der Waals surface area contributed by atoms with Crippen molar-refractivity contribution in [1.82, 2.24) is 5.32 Å². The maximum absolute atomic E-state index is 12.2. The Labute approximate surface area is 147 Å². The summed E-state index contributed by atoms with van der Waals surface area (Å²) < 4.78 is 0. The van der Waals surface area contributed by atoms with Crippen LogP contribution in [-0.4, -0.2) is 23.5 Å². The number of nitrogens with one attached hydrogen (secondary N) is 2. The summed E-state index contributed by atoms with van der Waals surface area (Å²) in [5.74, 6) is -0.587. The number of carbonyl (C=O) groups excluding carboxylic acids is 2. The van der Waals surface area contributed by atoms with Gasteiger partial charge in [0, 0.05) is 16.8 Å². The predicted molar refractivity (Wildman–Crippen MR) is 96.5 cm³/mol. The number of aryl methyl sites for hydroxylation is 2. The molecule has 2 amide bonds. The zero-order valence-electron chi connectivity index (χ0n) is 14.2. The Balaban J connectivity index is 1.58. The molecular weight excluding hydrogens is 316 g/mol. The lowest BCUT2D eigenvalue weighted by molar-refractivity contribution is -0.115. The smallest absolute Gasteiger partial charge is 0.251 e. The van der Waals surface area contributed by atoms with Crippen molar-refractivity contribution in [3.63, 3.8) is 0 Å². The maximum atomic E-state index is 12.2. The molecule has 0 saturated heterocycles. The fraction of sp³-hybridized carbons (Fsp3) is 0.300. The normalized spacial score (nSPS) is 13.8. The summed E-state index contributed by atoms with van der Waals surface area (Å²) in [6.45, 7) is 1.52. The third-order valence-electron chi connectivity index (χ3n) is 4.46. The van der Waals surface area contributed by atoms with Crippen LogP contribution < -0.4 is 10.6 Å². The first-order chi connectivity index (χ1) is 12.0. The fourth-order valence-electron chi connectivity index (χ4n) is 3.15. The lowest BCUT2D eigenvalue weighted by Crippen LogP contribution is -2.33. The Kier molecular flexibility index (Phi) is 5.14. The molecule has 1 aliphatic rings. The first kappa shape index (κ1) is 17.2. The summed E-state index contributed by atoms with van der Waals surface area (Å²) in [4.78, 5) is 24.3. The van der Waals surface area contributed by atoms with Crippen molar-refractivity contribution in [1.29, 1.82) is 0 Å². The van der Waals surface area contributed by atoms with Crippen LogP contribution in [0.15, 0.2) is 42.5 Å². The number of aliphatic hydroxyl groups excluding tert-OH is 1. The minimum atomic E-state index is -0.683. The average Bonchev–Trinajstić information content (AvgIpc) is 3.07. The van der Waals surface area contributed by atoms with E-state index in [9.17, 15) is 14.7 Å². The van der Waals surface area contributed by atoms with Crippen LogP contribution in [0.5, 0.6) is 0 Å². The third kappa shape index (κ3) is 4.06. The zero-order valence-corrected chi connectivity index (χ0v) is 14.2. The van der Waals surface area contributed by atoms with Crippen LogP contribution in [0, 0.1) is 0 Å². The van der Waals surface area contributed by atoms with E-state index in [1.54, 1.807) is 37.3 Å². The molecule has 0 fully saturated rings. The molecule has 0 bridgehead atoms. The summed E-state index contributed by atoms with van der Waals surface area (Å²) in [6, 6.07) is 12.8. The molecule has 2 aromatic carbocycles. The number of carbonyl (C=O) groups is 2. The molecule has 0 saturated carbocycles. The molecule has 25 heavy (non-hydrogen) atoms. The van der Waals surface area contributed by atoms with E-state index in [4.69, 9.17) is 0 Å². The van der Waals surface area contributed by atoms with Gasteiger partial charge in [-0.15, -0.1) is 0 Å². The van der Waals surface area contributed by atoms with Crippen LogP contribution >= 0.6 is 0 Å². The standard InChI is InChI=1S/C20H22N2O3/c1-13(23)17-7-2-3-8-18(17)22-19(24)12-21-20(25)16-10-9-14-5-4-6-15(14)11-16/h2-3,7-11,13,23H,4-6,12H2,1H3,(H,21,25)(H,22,24)/t13-/m1/s1. The Hall–Kier alpha value is -2.66. The van der Waals surface area contributed by atoms with Crippen molar-refractivity contribution in [2.45, 2.75) is 32.3 Å². The van der Waals surface area contributed by atoms with Crippen LogP contribution in [0.4, 0.5) is 5.69 Å². The number of rotatable bonds is 5. The van der Waals surface area contributed by atoms with Crippen LogP contribution in [0.1, 0.15) is 46.5 Å². The molecule has 2 aromatic rings. The topological polar surface area (TPSA) is 78.4 Å². The molecule has 5 nitrogen and oxygen atoms in total. The number of para-hydroxylation sites is 1. The first-order valence-electron chi connectivity index (χ1n) is 8.51. The molecule has 130 valence electrons. The number of amides is 2. The van der Waals surface area contributed by atoms with E-state index in [0.717, 1.165) is 19.3 Å². The second-order valence-corrected chi connectivity index (χ2v) is 6.33. The Morgan fingerprint density at radius 1 is 1.12 bits per heavy atom. The Morgan fingerprint density at radius 3 is 2.68 bits per heavy atom. The van der Waals surface area contributed by atoms with E-state index in [1.165, 1.54) is 11.1 Å². The quantitative estimate of drug-likeness (QED) is 0.784.